The van der Waals surface area contributed by atoms with Crippen LogP contribution >= 0.6 is 0 Å². The maximum Gasteiger partial charge on any atom is 0.409 e. The normalized spacial score (nSPS) is 13.9. The van der Waals surface area contributed by atoms with Gasteiger partial charge in [-0.05, 0) is 32.6 Å². The molecule has 0 N–H and O–H groups in total. The van der Waals surface area contributed by atoms with E-state index >= 15 is 0 Å². The summed E-state index contributed by atoms with van der Waals surface area (Å²) in [5.74, 6) is 0. The summed E-state index contributed by atoms with van der Waals surface area (Å²) >= 11 is 0. The fourth-order valence-corrected chi connectivity index (χ4v) is 2.20. The molecule has 0 radical (unpaired) electrons. The van der Waals surface area contributed by atoms with Gasteiger partial charge < -0.3 is 9.64 Å². The predicted octanol–water partition coefficient (Wildman–Crippen LogP) is 4.99. The van der Waals surface area contributed by atoms with Crippen molar-refractivity contribution in [3.8, 4) is 0 Å². The van der Waals surface area contributed by atoms with Gasteiger partial charge in [0.2, 0.25) is 0 Å². The van der Waals surface area contributed by atoms with E-state index in [1.807, 2.05) is 0 Å². The third kappa shape index (κ3) is 8.90. The van der Waals surface area contributed by atoms with Crippen LogP contribution < -0.4 is 0 Å². The number of hydrogen-bond donors (Lipinski definition) is 0. The van der Waals surface area contributed by atoms with Crippen molar-refractivity contribution in [1.82, 2.24) is 4.90 Å². The van der Waals surface area contributed by atoms with Crippen LogP contribution in [0.3, 0.4) is 0 Å². The molecule has 0 spiro atoms. The van der Waals surface area contributed by atoms with Crippen LogP contribution in [-0.2, 0) is 4.74 Å². The summed E-state index contributed by atoms with van der Waals surface area (Å²) in [6.07, 6.45) is 10.2. The van der Waals surface area contributed by atoms with Gasteiger partial charge in [-0.3, -0.25) is 0 Å². The molecule has 0 aromatic rings. The first-order valence-electron chi connectivity index (χ1n) is 7.85. The van der Waals surface area contributed by atoms with Gasteiger partial charge in [0.05, 0.1) is 0 Å². The minimum absolute atomic E-state index is 0.213. The van der Waals surface area contributed by atoms with Crippen LogP contribution in [0, 0.1) is 0 Å². The number of carbonyl (C=O) groups excluding carboxylic acids is 1. The lowest BCUT2D eigenvalue weighted by atomic mass is 9.91. The van der Waals surface area contributed by atoms with E-state index in [-0.39, 0.29) is 11.7 Å². The van der Waals surface area contributed by atoms with Gasteiger partial charge in [-0.25, -0.2) is 4.79 Å². The van der Waals surface area contributed by atoms with Crippen molar-refractivity contribution in [2.75, 3.05) is 14.1 Å². The van der Waals surface area contributed by atoms with Crippen LogP contribution in [0.15, 0.2) is 0 Å². The average Bonchev–Trinajstić information content (AvgIpc) is 2.35. The molecule has 0 fully saturated rings. The minimum Gasteiger partial charge on any atom is -0.443 e. The Morgan fingerprint density at radius 3 is 1.89 bits per heavy atom. The quantitative estimate of drug-likeness (QED) is 0.524. The van der Waals surface area contributed by atoms with Crippen LogP contribution in [0.5, 0.6) is 0 Å². The third-order valence-corrected chi connectivity index (χ3v) is 3.57. The summed E-state index contributed by atoms with van der Waals surface area (Å²) in [6, 6.07) is 0. The smallest absolute Gasteiger partial charge is 0.409 e. The van der Waals surface area contributed by atoms with E-state index in [1.54, 1.807) is 14.1 Å². The summed E-state index contributed by atoms with van der Waals surface area (Å²) in [5, 5.41) is 0. The van der Waals surface area contributed by atoms with E-state index < -0.39 is 0 Å². The Hall–Kier alpha value is -0.730. The molecule has 0 rings (SSSR count). The fraction of sp³-hybridized carbons (Fsp3) is 0.938. The van der Waals surface area contributed by atoms with Gasteiger partial charge in [-0.1, -0.05) is 46.0 Å². The maximum atomic E-state index is 11.8. The number of nitrogens with zero attached hydrogens (tertiary/aromatic N) is 1. The lowest BCUT2D eigenvalue weighted by Crippen LogP contribution is -2.36. The lowest BCUT2D eigenvalue weighted by molar-refractivity contribution is -0.00551. The highest BCUT2D eigenvalue weighted by molar-refractivity contribution is 5.67. The Labute approximate surface area is 119 Å². The number of hydrogen-bond acceptors (Lipinski definition) is 2. The van der Waals surface area contributed by atoms with Crippen molar-refractivity contribution in [3.05, 3.63) is 0 Å². The summed E-state index contributed by atoms with van der Waals surface area (Å²) in [7, 11) is 3.48. The molecule has 0 aliphatic carbocycles. The second-order valence-corrected chi connectivity index (χ2v) is 5.98. The summed E-state index contributed by atoms with van der Waals surface area (Å²) in [5.41, 5.74) is -0.287. The molecule has 0 aromatic carbocycles. The molecular weight excluding hydrogens is 238 g/mol. The minimum atomic E-state index is -0.287. The molecule has 0 aliphatic rings. The Morgan fingerprint density at radius 2 is 1.42 bits per heavy atom. The molecule has 1 amide bonds. The highest BCUT2D eigenvalue weighted by atomic mass is 16.6. The lowest BCUT2D eigenvalue weighted by Gasteiger charge is -2.31. The number of ether oxygens (including phenoxy) is 1. The zero-order chi connectivity index (χ0) is 14.7. The summed E-state index contributed by atoms with van der Waals surface area (Å²) in [6.45, 7) is 6.51. The van der Waals surface area contributed by atoms with Gasteiger partial charge in [0.25, 0.3) is 0 Å². The molecule has 0 saturated carbocycles. The monoisotopic (exact) mass is 271 g/mol. The molecule has 0 aliphatic heterocycles. The predicted molar refractivity (Wildman–Crippen MR) is 81.5 cm³/mol. The average molecular weight is 271 g/mol. The van der Waals surface area contributed by atoms with E-state index in [9.17, 15) is 4.79 Å². The van der Waals surface area contributed by atoms with Crippen LogP contribution in [0.1, 0.15) is 78.6 Å². The van der Waals surface area contributed by atoms with Crippen molar-refractivity contribution in [3.63, 3.8) is 0 Å². The van der Waals surface area contributed by atoms with Gasteiger partial charge in [0.15, 0.2) is 0 Å². The van der Waals surface area contributed by atoms with Gasteiger partial charge in [-0.2, -0.15) is 0 Å². The highest BCUT2D eigenvalue weighted by Gasteiger charge is 2.28. The van der Waals surface area contributed by atoms with Gasteiger partial charge in [0.1, 0.15) is 5.60 Å². The first kappa shape index (κ1) is 18.3. The van der Waals surface area contributed by atoms with Crippen molar-refractivity contribution >= 4 is 6.09 Å². The zero-order valence-corrected chi connectivity index (χ0v) is 13.6. The van der Waals surface area contributed by atoms with E-state index in [1.165, 1.54) is 37.0 Å². The zero-order valence-electron chi connectivity index (χ0n) is 13.6. The molecular formula is C16H33NO2. The molecule has 19 heavy (non-hydrogen) atoms. The number of rotatable bonds is 10. The van der Waals surface area contributed by atoms with Crippen molar-refractivity contribution in [1.29, 1.82) is 0 Å². The van der Waals surface area contributed by atoms with E-state index in [0.717, 1.165) is 25.7 Å². The summed E-state index contributed by atoms with van der Waals surface area (Å²) in [4.78, 5) is 13.3. The highest BCUT2D eigenvalue weighted by Crippen LogP contribution is 2.27. The van der Waals surface area contributed by atoms with Crippen LogP contribution in [-0.4, -0.2) is 30.7 Å². The van der Waals surface area contributed by atoms with Crippen LogP contribution in [0.2, 0.25) is 0 Å². The molecule has 3 nitrogen and oxygen atoms in total. The summed E-state index contributed by atoms with van der Waals surface area (Å²) < 4.78 is 5.71. The standard InChI is InChI=1S/C16H33NO2/c1-6-8-10-12-14-16(3,13-11-9-7-2)19-15(18)17(4)5/h6-14H2,1-5H3. The number of unbranched alkanes of at least 4 members (excludes halogenated alkanes) is 5. The van der Waals surface area contributed by atoms with E-state index in [2.05, 4.69) is 20.8 Å². The molecule has 0 saturated heterocycles. The van der Waals surface area contributed by atoms with Crippen molar-refractivity contribution in [2.45, 2.75) is 84.2 Å². The first-order chi connectivity index (χ1) is 8.95. The van der Waals surface area contributed by atoms with Crippen LogP contribution in [0.25, 0.3) is 0 Å². The Kier molecular flexibility index (Phi) is 9.72. The third-order valence-electron chi connectivity index (χ3n) is 3.57. The Bertz CT molecular complexity index is 241. The molecule has 0 aromatic heterocycles. The Morgan fingerprint density at radius 1 is 0.947 bits per heavy atom. The molecule has 0 bridgehead atoms. The SMILES string of the molecule is CCCCCCC(C)(CCCCC)OC(=O)N(C)C. The van der Waals surface area contributed by atoms with Crippen molar-refractivity contribution < 1.29 is 9.53 Å². The maximum absolute atomic E-state index is 11.8. The van der Waals surface area contributed by atoms with Crippen molar-refractivity contribution in [2.24, 2.45) is 0 Å². The molecule has 1 atom stereocenters. The van der Waals surface area contributed by atoms with E-state index in [0.29, 0.717) is 0 Å². The topological polar surface area (TPSA) is 29.5 Å². The van der Waals surface area contributed by atoms with Gasteiger partial charge >= 0.3 is 6.09 Å². The molecule has 3 heteroatoms. The second-order valence-electron chi connectivity index (χ2n) is 5.98. The van der Waals surface area contributed by atoms with Gasteiger partial charge in [0, 0.05) is 14.1 Å². The van der Waals surface area contributed by atoms with Crippen LogP contribution in [0.4, 0.5) is 4.79 Å². The first-order valence-corrected chi connectivity index (χ1v) is 7.85. The second kappa shape index (κ2) is 10.1. The van der Waals surface area contributed by atoms with Gasteiger partial charge in [-0.15, -0.1) is 0 Å². The van der Waals surface area contributed by atoms with E-state index in [4.69, 9.17) is 4.74 Å². The number of carbonyl (C=O) groups is 1. The molecule has 0 heterocycles. The molecule has 114 valence electrons. The number of amides is 1. The molecule has 1 unspecified atom stereocenters. The largest absolute Gasteiger partial charge is 0.443 e. The fourth-order valence-electron chi connectivity index (χ4n) is 2.20. The Balaban J connectivity index is 4.30.